The van der Waals surface area contributed by atoms with Crippen molar-refractivity contribution in [2.45, 2.75) is 33.4 Å². The van der Waals surface area contributed by atoms with Crippen LogP contribution in [0.25, 0.3) is 5.82 Å². The van der Waals surface area contributed by atoms with E-state index in [-0.39, 0.29) is 24.1 Å². The van der Waals surface area contributed by atoms with Crippen molar-refractivity contribution in [2.24, 2.45) is 0 Å². The highest BCUT2D eigenvalue weighted by atomic mass is 16.2. The lowest BCUT2D eigenvalue weighted by Crippen LogP contribution is -2.35. The molecule has 3 aromatic rings. The second-order valence-electron chi connectivity index (χ2n) is 6.23. The Bertz CT molecular complexity index is 975. The molecule has 0 bridgehead atoms. The van der Waals surface area contributed by atoms with Crippen LogP contribution in [0.5, 0.6) is 0 Å². The van der Waals surface area contributed by atoms with Crippen LogP contribution in [0, 0.1) is 13.8 Å². The van der Waals surface area contributed by atoms with Gasteiger partial charge in [-0.3, -0.25) is 9.59 Å². The zero-order valence-electron chi connectivity index (χ0n) is 15.0. The van der Waals surface area contributed by atoms with Gasteiger partial charge >= 0.3 is 0 Å². The third-order valence-electron chi connectivity index (χ3n) is 4.05. The van der Waals surface area contributed by atoms with Gasteiger partial charge in [0.1, 0.15) is 6.54 Å². The van der Waals surface area contributed by atoms with Gasteiger partial charge in [0.2, 0.25) is 5.91 Å². The summed E-state index contributed by atoms with van der Waals surface area (Å²) in [6, 6.07) is 14.4. The third-order valence-corrected chi connectivity index (χ3v) is 4.05. The van der Waals surface area contributed by atoms with Crippen LogP contribution in [0.4, 0.5) is 0 Å². The first kappa shape index (κ1) is 17.6. The van der Waals surface area contributed by atoms with Crippen LogP contribution in [-0.4, -0.2) is 25.5 Å². The minimum atomic E-state index is -0.335. The highest BCUT2D eigenvalue weighted by Gasteiger charge is 2.13. The summed E-state index contributed by atoms with van der Waals surface area (Å²) in [5.41, 5.74) is 2.43. The molecule has 0 spiro atoms. The highest BCUT2D eigenvalue weighted by Crippen LogP contribution is 2.11. The monoisotopic (exact) mass is 351 g/mol. The Balaban J connectivity index is 1.77. The lowest BCUT2D eigenvalue weighted by atomic mass is 10.1. The fourth-order valence-corrected chi connectivity index (χ4v) is 2.77. The summed E-state index contributed by atoms with van der Waals surface area (Å²) in [5, 5.41) is 11.5. The van der Waals surface area contributed by atoms with Gasteiger partial charge in [-0.15, -0.1) is 5.10 Å². The van der Waals surface area contributed by atoms with Crippen molar-refractivity contribution in [3.05, 3.63) is 75.8 Å². The summed E-state index contributed by atoms with van der Waals surface area (Å²) in [5.74, 6) is 0.223. The van der Waals surface area contributed by atoms with Crippen LogP contribution in [0.15, 0.2) is 53.3 Å². The number of nitrogens with zero attached hydrogens (tertiary/aromatic N) is 4. The average molecular weight is 351 g/mol. The van der Waals surface area contributed by atoms with E-state index in [0.717, 1.165) is 21.6 Å². The van der Waals surface area contributed by atoms with E-state index < -0.39 is 0 Å². The molecule has 2 aromatic heterocycles. The Kier molecular flexibility index (Phi) is 4.97. The fraction of sp³-hybridized carbons (Fsp3) is 0.263. The molecule has 1 amide bonds. The smallest absolute Gasteiger partial charge is 0.267 e. The van der Waals surface area contributed by atoms with Crippen molar-refractivity contribution in [3.8, 4) is 5.82 Å². The number of carbonyl (C=O) groups excluding carboxylic acids is 1. The SMILES string of the molecule is Cc1cc(C)n(-c2ccc(=O)n(CC(=O)N[C@@H](C)c3ccccc3)n2)n1. The van der Waals surface area contributed by atoms with Gasteiger partial charge in [0.05, 0.1) is 11.7 Å². The van der Waals surface area contributed by atoms with Crippen molar-refractivity contribution >= 4 is 5.91 Å². The molecule has 2 heterocycles. The zero-order valence-corrected chi connectivity index (χ0v) is 15.0. The van der Waals surface area contributed by atoms with E-state index in [2.05, 4.69) is 15.5 Å². The number of hydrogen-bond acceptors (Lipinski definition) is 4. The predicted octanol–water partition coefficient (Wildman–Crippen LogP) is 1.92. The molecular weight excluding hydrogens is 330 g/mol. The Labute approximate surface area is 151 Å². The Hall–Kier alpha value is -3.22. The van der Waals surface area contributed by atoms with Crippen molar-refractivity contribution in [1.29, 1.82) is 0 Å². The second kappa shape index (κ2) is 7.35. The molecule has 0 aliphatic carbocycles. The number of nitrogens with one attached hydrogen (secondary N) is 1. The summed E-state index contributed by atoms with van der Waals surface area (Å²) < 4.78 is 2.80. The van der Waals surface area contributed by atoms with E-state index in [4.69, 9.17) is 0 Å². The minimum Gasteiger partial charge on any atom is -0.348 e. The quantitative estimate of drug-likeness (QED) is 0.761. The van der Waals surface area contributed by atoms with Crippen LogP contribution < -0.4 is 10.9 Å². The highest BCUT2D eigenvalue weighted by molar-refractivity contribution is 5.76. The van der Waals surface area contributed by atoms with E-state index in [9.17, 15) is 9.59 Å². The van der Waals surface area contributed by atoms with E-state index in [1.807, 2.05) is 57.2 Å². The van der Waals surface area contributed by atoms with Gasteiger partial charge < -0.3 is 5.32 Å². The summed E-state index contributed by atoms with van der Waals surface area (Å²) >= 11 is 0. The average Bonchev–Trinajstić information content (AvgIpc) is 2.96. The molecule has 1 aromatic carbocycles. The van der Waals surface area contributed by atoms with Gasteiger partial charge in [0.25, 0.3) is 5.56 Å². The normalized spacial score (nSPS) is 12.0. The van der Waals surface area contributed by atoms with Gasteiger partial charge in [0.15, 0.2) is 5.82 Å². The lowest BCUT2D eigenvalue weighted by molar-refractivity contribution is -0.122. The number of amides is 1. The van der Waals surface area contributed by atoms with E-state index in [1.165, 1.54) is 6.07 Å². The Morgan fingerprint density at radius 1 is 1.12 bits per heavy atom. The van der Waals surface area contributed by atoms with Crippen LogP contribution in [-0.2, 0) is 11.3 Å². The molecule has 0 aliphatic heterocycles. The summed E-state index contributed by atoms with van der Waals surface area (Å²) in [6.45, 7) is 5.54. The van der Waals surface area contributed by atoms with Gasteiger partial charge in [-0.05, 0) is 38.5 Å². The number of hydrogen-bond donors (Lipinski definition) is 1. The third kappa shape index (κ3) is 3.88. The Morgan fingerprint density at radius 2 is 1.85 bits per heavy atom. The molecular formula is C19H21N5O2. The van der Waals surface area contributed by atoms with Crippen molar-refractivity contribution in [1.82, 2.24) is 24.9 Å². The van der Waals surface area contributed by atoms with Crippen molar-refractivity contribution < 1.29 is 4.79 Å². The van der Waals surface area contributed by atoms with E-state index >= 15 is 0 Å². The second-order valence-corrected chi connectivity index (χ2v) is 6.23. The molecule has 1 N–H and O–H groups in total. The zero-order chi connectivity index (χ0) is 18.7. The number of rotatable bonds is 5. The first-order chi connectivity index (χ1) is 12.4. The molecule has 3 rings (SSSR count). The van der Waals surface area contributed by atoms with E-state index in [1.54, 1.807) is 10.7 Å². The van der Waals surface area contributed by atoms with E-state index in [0.29, 0.717) is 5.82 Å². The first-order valence-corrected chi connectivity index (χ1v) is 8.40. The molecule has 0 radical (unpaired) electrons. The molecule has 0 saturated heterocycles. The molecule has 0 saturated carbocycles. The standard InChI is InChI=1S/C19H21N5O2/c1-13-11-14(2)24(21-13)17-9-10-19(26)23(22-17)12-18(25)20-15(3)16-7-5-4-6-8-16/h4-11,15H,12H2,1-3H3,(H,20,25)/t15-/m0/s1. The van der Waals surface area contributed by atoms with Crippen molar-refractivity contribution in [3.63, 3.8) is 0 Å². The number of aromatic nitrogens is 4. The van der Waals surface area contributed by atoms with Gasteiger partial charge in [-0.1, -0.05) is 30.3 Å². The molecule has 134 valence electrons. The number of aryl methyl sites for hydroxylation is 2. The maximum Gasteiger partial charge on any atom is 0.267 e. The molecule has 1 atom stereocenters. The molecule has 0 unspecified atom stereocenters. The largest absolute Gasteiger partial charge is 0.348 e. The number of carbonyl (C=O) groups is 1. The molecule has 7 nitrogen and oxygen atoms in total. The maximum absolute atomic E-state index is 12.3. The van der Waals surface area contributed by atoms with Crippen LogP contribution >= 0.6 is 0 Å². The lowest BCUT2D eigenvalue weighted by Gasteiger charge is -2.15. The predicted molar refractivity (Wildman–Crippen MR) is 98.1 cm³/mol. The summed E-state index contributed by atoms with van der Waals surface area (Å²) in [6.07, 6.45) is 0. The van der Waals surface area contributed by atoms with Gasteiger partial charge in [-0.2, -0.15) is 5.10 Å². The maximum atomic E-state index is 12.3. The van der Waals surface area contributed by atoms with Gasteiger partial charge in [0, 0.05) is 11.8 Å². The van der Waals surface area contributed by atoms with Crippen LogP contribution in [0.1, 0.15) is 29.9 Å². The first-order valence-electron chi connectivity index (χ1n) is 8.40. The summed E-state index contributed by atoms with van der Waals surface area (Å²) in [7, 11) is 0. The molecule has 0 aliphatic rings. The molecule has 26 heavy (non-hydrogen) atoms. The molecule has 7 heteroatoms. The fourth-order valence-electron chi connectivity index (χ4n) is 2.77. The van der Waals surface area contributed by atoms with Crippen molar-refractivity contribution in [2.75, 3.05) is 0 Å². The van der Waals surface area contributed by atoms with Crippen LogP contribution in [0.2, 0.25) is 0 Å². The topological polar surface area (TPSA) is 81.8 Å². The van der Waals surface area contributed by atoms with Gasteiger partial charge in [-0.25, -0.2) is 9.36 Å². The summed E-state index contributed by atoms with van der Waals surface area (Å²) in [4.78, 5) is 24.4. The van der Waals surface area contributed by atoms with Crippen LogP contribution in [0.3, 0.4) is 0 Å². The Morgan fingerprint density at radius 3 is 2.50 bits per heavy atom. The molecule has 0 fully saturated rings. The minimum absolute atomic E-state index is 0.150. The number of benzene rings is 1.